The van der Waals surface area contributed by atoms with Crippen molar-refractivity contribution >= 4 is 0 Å². The van der Waals surface area contributed by atoms with E-state index in [2.05, 4.69) is 0 Å². The van der Waals surface area contributed by atoms with Crippen LogP contribution in [0.5, 0.6) is 0 Å². The van der Waals surface area contributed by atoms with Crippen LogP contribution in [0, 0.1) is 5.92 Å². The van der Waals surface area contributed by atoms with Gasteiger partial charge in [0.2, 0.25) is 0 Å². The molecular formula is C10H19FO. The van der Waals surface area contributed by atoms with Crippen molar-refractivity contribution in [1.29, 1.82) is 0 Å². The fourth-order valence-electron chi connectivity index (χ4n) is 2.03. The quantitative estimate of drug-likeness (QED) is 0.635. The van der Waals surface area contributed by atoms with Crippen molar-refractivity contribution in [2.45, 2.75) is 51.0 Å². The second kappa shape index (κ2) is 5.52. The molecule has 0 amide bonds. The summed E-state index contributed by atoms with van der Waals surface area (Å²) in [5, 5.41) is 9.65. The summed E-state index contributed by atoms with van der Waals surface area (Å²) in [6, 6.07) is 0. The number of halogens is 1. The van der Waals surface area contributed by atoms with E-state index in [-0.39, 0.29) is 12.8 Å². The minimum absolute atomic E-state index is 0.154. The smallest absolute Gasteiger partial charge is 0.0894 e. The van der Waals surface area contributed by atoms with Crippen molar-refractivity contribution in [2.24, 2.45) is 5.92 Å². The monoisotopic (exact) mass is 174 g/mol. The maximum Gasteiger partial charge on any atom is 0.0894 e. The lowest BCUT2D eigenvalue weighted by atomic mass is 9.96. The van der Waals surface area contributed by atoms with Crippen molar-refractivity contribution in [2.75, 3.05) is 6.67 Å². The van der Waals surface area contributed by atoms with Crippen LogP contribution in [0.3, 0.4) is 0 Å². The third kappa shape index (κ3) is 3.10. The molecule has 1 saturated carbocycles. The number of alkyl halides is 1. The summed E-state index contributed by atoms with van der Waals surface area (Å²) in [4.78, 5) is 0. The molecule has 0 bridgehead atoms. The molecule has 1 unspecified atom stereocenters. The molecule has 1 fully saturated rings. The summed E-state index contributed by atoms with van der Waals surface area (Å²) < 4.78 is 11.7. The van der Waals surface area contributed by atoms with E-state index < -0.39 is 0 Å². The van der Waals surface area contributed by atoms with Crippen LogP contribution in [-0.2, 0) is 0 Å². The van der Waals surface area contributed by atoms with E-state index in [1.165, 1.54) is 25.7 Å². The van der Waals surface area contributed by atoms with Crippen LogP contribution in [0.4, 0.5) is 4.39 Å². The third-order valence-corrected chi connectivity index (χ3v) is 2.83. The molecule has 0 saturated heterocycles. The van der Waals surface area contributed by atoms with Gasteiger partial charge >= 0.3 is 0 Å². The molecule has 1 atom stereocenters. The maximum absolute atomic E-state index is 11.7. The van der Waals surface area contributed by atoms with Gasteiger partial charge in [-0.05, 0) is 38.0 Å². The highest BCUT2D eigenvalue weighted by molar-refractivity contribution is 4.74. The Balaban J connectivity index is 2.05. The summed E-state index contributed by atoms with van der Waals surface area (Å²) in [5.41, 5.74) is 0. The molecule has 0 aromatic rings. The zero-order valence-corrected chi connectivity index (χ0v) is 7.64. The first kappa shape index (κ1) is 9.97. The Bertz CT molecular complexity index is 110. The second-order valence-corrected chi connectivity index (χ2v) is 3.80. The van der Waals surface area contributed by atoms with Gasteiger partial charge in [-0.3, -0.25) is 4.39 Å². The molecule has 0 aromatic carbocycles. The first-order valence-corrected chi connectivity index (χ1v) is 5.08. The average molecular weight is 174 g/mol. The number of rotatable bonds is 5. The van der Waals surface area contributed by atoms with Gasteiger partial charge < -0.3 is 5.11 Å². The van der Waals surface area contributed by atoms with Gasteiger partial charge in [-0.15, -0.1) is 0 Å². The van der Waals surface area contributed by atoms with Gasteiger partial charge in [0, 0.05) is 0 Å². The van der Waals surface area contributed by atoms with Gasteiger partial charge in [0.15, 0.2) is 0 Å². The molecule has 2 heteroatoms. The first-order chi connectivity index (χ1) is 5.84. The molecule has 12 heavy (non-hydrogen) atoms. The predicted octanol–water partition coefficient (Wildman–Crippen LogP) is 2.68. The summed E-state index contributed by atoms with van der Waals surface area (Å²) >= 11 is 0. The summed E-state index contributed by atoms with van der Waals surface area (Å²) in [6.45, 7) is -0.239. The summed E-state index contributed by atoms with van der Waals surface area (Å²) in [7, 11) is 0. The number of aliphatic hydroxyl groups is 1. The normalized spacial score (nSPS) is 21.5. The van der Waals surface area contributed by atoms with E-state index in [1.54, 1.807) is 0 Å². The Kier molecular flexibility index (Phi) is 4.59. The van der Waals surface area contributed by atoms with E-state index in [0.29, 0.717) is 12.3 Å². The number of hydrogen-bond acceptors (Lipinski definition) is 1. The lowest BCUT2D eigenvalue weighted by Crippen LogP contribution is -2.17. The molecule has 1 aliphatic rings. The zero-order chi connectivity index (χ0) is 8.81. The van der Waals surface area contributed by atoms with Gasteiger partial charge in [-0.1, -0.05) is 12.8 Å². The van der Waals surface area contributed by atoms with Crippen LogP contribution in [0.2, 0.25) is 0 Å². The van der Waals surface area contributed by atoms with Gasteiger partial charge in [0.1, 0.15) is 0 Å². The van der Waals surface area contributed by atoms with Crippen molar-refractivity contribution in [3.63, 3.8) is 0 Å². The van der Waals surface area contributed by atoms with Crippen LogP contribution in [0.25, 0.3) is 0 Å². The van der Waals surface area contributed by atoms with Crippen molar-refractivity contribution in [3.8, 4) is 0 Å². The lowest BCUT2D eigenvalue weighted by Gasteiger charge is -2.16. The van der Waals surface area contributed by atoms with Crippen LogP contribution < -0.4 is 0 Å². The molecule has 1 N–H and O–H groups in total. The Morgan fingerprint density at radius 1 is 1.25 bits per heavy atom. The lowest BCUT2D eigenvalue weighted by molar-refractivity contribution is 0.0985. The highest BCUT2D eigenvalue weighted by Crippen LogP contribution is 2.29. The number of unbranched alkanes of at least 4 members (excludes halogenated alkanes) is 1. The van der Waals surface area contributed by atoms with E-state index in [0.717, 1.165) is 12.8 Å². The highest BCUT2D eigenvalue weighted by atomic mass is 19.1. The molecule has 72 valence electrons. The van der Waals surface area contributed by atoms with Crippen LogP contribution >= 0.6 is 0 Å². The minimum Gasteiger partial charge on any atom is -0.393 e. The molecule has 0 spiro atoms. The fraction of sp³-hybridized carbons (Fsp3) is 1.00. The first-order valence-electron chi connectivity index (χ1n) is 5.08. The highest BCUT2D eigenvalue weighted by Gasteiger charge is 2.22. The van der Waals surface area contributed by atoms with Gasteiger partial charge in [-0.25, -0.2) is 0 Å². The summed E-state index contributed by atoms with van der Waals surface area (Å²) in [6.07, 6.45) is 6.99. The molecule has 1 aliphatic carbocycles. The van der Waals surface area contributed by atoms with Crippen LogP contribution in [-0.4, -0.2) is 17.9 Å². The predicted molar refractivity (Wildman–Crippen MR) is 47.8 cm³/mol. The Labute approximate surface area is 74.0 Å². The van der Waals surface area contributed by atoms with Crippen LogP contribution in [0.1, 0.15) is 44.9 Å². The van der Waals surface area contributed by atoms with E-state index in [4.69, 9.17) is 0 Å². The standard InChI is InChI=1S/C10H19FO/c11-8-4-3-7-10(12)9-5-1-2-6-9/h9-10,12H,1-8H2. The SMILES string of the molecule is OC(CCCCF)C1CCCC1. The number of aliphatic hydroxyl groups excluding tert-OH is 1. The minimum atomic E-state index is -0.239. The Morgan fingerprint density at radius 3 is 2.50 bits per heavy atom. The summed E-state index contributed by atoms with van der Waals surface area (Å²) in [5.74, 6) is 0.518. The van der Waals surface area contributed by atoms with Crippen molar-refractivity contribution in [1.82, 2.24) is 0 Å². The molecule has 1 rings (SSSR count). The molecule has 1 nitrogen and oxygen atoms in total. The molecule has 0 aromatic heterocycles. The Hall–Kier alpha value is -0.110. The molecule has 0 heterocycles. The topological polar surface area (TPSA) is 20.2 Å². The van der Waals surface area contributed by atoms with Crippen molar-refractivity contribution < 1.29 is 9.50 Å². The van der Waals surface area contributed by atoms with Gasteiger partial charge in [-0.2, -0.15) is 0 Å². The molecule has 0 aliphatic heterocycles. The fourth-order valence-corrected chi connectivity index (χ4v) is 2.03. The number of hydrogen-bond donors (Lipinski definition) is 1. The zero-order valence-electron chi connectivity index (χ0n) is 7.64. The van der Waals surface area contributed by atoms with Crippen LogP contribution in [0.15, 0.2) is 0 Å². The van der Waals surface area contributed by atoms with E-state index in [9.17, 15) is 9.50 Å². The van der Waals surface area contributed by atoms with Crippen molar-refractivity contribution in [3.05, 3.63) is 0 Å². The maximum atomic E-state index is 11.7. The Morgan fingerprint density at radius 2 is 1.92 bits per heavy atom. The molecule has 0 radical (unpaired) electrons. The largest absolute Gasteiger partial charge is 0.393 e. The van der Waals surface area contributed by atoms with Gasteiger partial charge in [0.05, 0.1) is 12.8 Å². The molecular weight excluding hydrogens is 155 g/mol. The average Bonchev–Trinajstić information content (AvgIpc) is 2.56. The second-order valence-electron chi connectivity index (χ2n) is 3.80. The van der Waals surface area contributed by atoms with E-state index >= 15 is 0 Å². The van der Waals surface area contributed by atoms with E-state index in [1.807, 2.05) is 0 Å². The third-order valence-electron chi connectivity index (χ3n) is 2.83. The van der Waals surface area contributed by atoms with Gasteiger partial charge in [0.25, 0.3) is 0 Å².